The highest BCUT2D eigenvalue weighted by Gasteiger charge is 2.23. The average molecular weight is 287 g/mol. The molecule has 0 spiro atoms. The smallest absolute Gasteiger partial charge is 0.326 e. The summed E-state index contributed by atoms with van der Waals surface area (Å²) in [6.45, 7) is 1.87. The van der Waals surface area contributed by atoms with Gasteiger partial charge in [-0.2, -0.15) is 0 Å². The zero-order chi connectivity index (χ0) is 15.2. The first-order valence-electron chi connectivity index (χ1n) is 6.75. The van der Waals surface area contributed by atoms with E-state index < -0.39 is 17.9 Å². The number of carboxylic acids is 1. The molecule has 1 aromatic heterocycles. The standard InChI is InChI=1S/C16H17NO4/c1-2-14-12(8-9-21-14)15(18)17-13(16(19)20)10-11-6-4-3-5-7-11/h3-9,13H,2,10H2,1H3,(H,17,18)(H,19,20). The van der Waals surface area contributed by atoms with Crippen molar-refractivity contribution < 1.29 is 19.1 Å². The molecule has 0 saturated carbocycles. The highest BCUT2D eigenvalue weighted by molar-refractivity contribution is 5.97. The van der Waals surface area contributed by atoms with Crippen LogP contribution in [0, 0.1) is 0 Å². The van der Waals surface area contributed by atoms with Gasteiger partial charge in [-0.15, -0.1) is 0 Å². The largest absolute Gasteiger partial charge is 0.480 e. The number of rotatable bonds is 6. The minimum Gasteiger partial charge on any atom is -0.480 e. The number of carbonyl (C=O) groups excluding carboxylic acids is 1. The maximum absolute atomic E-state index is 12.2. The van der Waals surface area contributed by atoms with Crippen LogP contribution in [0.15, 0.2) is 47.1 Å². The van der Waals surface area contributed by atoms with Gasteiger partial charge in [-0.3, -0.25) is 4.79 Å². The Hall–Kier alpha value is -2.56. The van der Waals surface area contributed by atoms with E-state index in [9.17, 15) is 14.7 Å². The van der Waals surface area contributed by atoms with E-state index in [-0.39, 0.29) is 6.42 Å². The van der Waals surface area contributed by atoms with E-state index in [2.05, 4.69) is 5.32 Å². The fourth-order valence-corrected chi connectivity index (χ4v) is 2.10. The van der Waals surface area contributed by atoms with Gasteiger partial charge in [-0.05, 0) is 11.6 Å². The minimum absolute atomic E-state index is 0.237. The van der Waals surface area contributed by atoms with Crippen molar-refractivity contribution in [2.24, 2.45) is 0 Å². The van der Waals surface area contributed by atoms with Crippen LogP contribution in [-0.4, -0.2) is 23.0 Å². The summed E-state index contributed by atoms with van der Waals surface area (Å²) in [5.74, 6) is -0.936. The molecule has 21 heavy (non-hydrogen) atoms. The quantitative estimate of drug-likeness (QED) is 0.854. The molecule has 1 heterocycles. The number of furan rings is 1. The molecule has 1 unspecified atom stereocenters. The molecule has 0 bridgehead atoms. The highest BCUT2D eigenvalue weighted by atomic mass is 16.4. The Kier molecular flexibility index (Phi) is 4.77. The van der Waals surface area contributed by atoms with Crippen LogP contribution in [0.2, 0.25) is 0 Å². The van der Waals surface area contributed by atoms with E-state index in [1.54, 1.807) is 6.07 Å². The van der Waals surface area contributed by atoms with E-state index in [4.69, 9.17) is 4.42 Å². The second kappa shape index (κ2) is 6.74. The second-order valence-corrected chi connectivity index (χ2v) is 4.67. The van der Waals surface area contributed by atoms with Gasteiger partial charge in [0.2, 0.25) is 0 Å². The molecule has 110 valence electrons. The van der Waals surface area contributed by atoms with Gasteiger partial charge < -0.3 is 14.8 Å². The molecular formula is C16H17NO4. The third-order valence-electron chi connectivity index (χ3n) is 3.20. The number of nitrogens with one attached hydrogen (secondary N) is 1. The fraction of sp³-hybridized carbons (Fsp3) is 0.250. The Morgan fingerprint density at radius 1 is 1.24 bits per heavy atom. The van der Waals surface area contributed by atoms with Crippen LogP contribution in [0.5, 0.6) is 0 Å². The molecule has 1 aromatic carbocycles. The number of hydrogen-bond donors (Lipinski definition) is 2. The van der Waals surface area contributed by atoms with Crippen LogP contribution < -0.4 is 5.32 Å². The minimum atomic E-state index is -1.06. The third-order valence-corrected chi connectivity index (χ3v) is 3.20. The lowest BCUT2D eigenvalue weighted by molar-refractivity contribution is -0.139. The summed E-state index contributed by atoms with van der Waals surface area (Å²) >= 11 is 0. The Morgan fingerprint density at radius 3 is 2.57 bits per heavy atom. The maximum atomic E-state index is 12.2. The first-order valence-corrected chi connectivity index (χ1v) is 6.75. The van der Waals surface area contributed by atoms with Crippen LogP contribution in [0.1, 0.15) is 28.6 Å². The SMILES string of the molecule is CCc1occc1C(=O)NC(Cc1ccccc1)C(=O)O. The number of amides is 1. The van der Waals surface area contributed by atoms with Gasteiger partial charge >= 0.3 is 5.97 Å². The summed E-state index contributed by atoms with van der Waals surface area (Å²) < 4.78 is 5.19. The lowest BCUT2D eigenvalue weighted by Crippen LogP contribution is -2.42. The van der Waals surface area contributed by atoms with E-state index in [1.807, 2.05) is 37.3 Å². The Morgan fingerprint density at radius 2 is 1.95 bits per heavy atom. The Labute approximate surface area is 122 Å². The van der Waals surface area contributed by atoms with Gasteiger partial charge in [-0.25, -0.2) is 4.79 Å². The first kappa shape index (κ1) is 14.8. The highest BCUT2D eigenvalue weighted by Crippen LogP contribution is 2.12. The number of aryl methyl sites for hydroxylation is 1. The molecule has 5 nitrogen and oxygen atoms in total. The zero-order valence-corrected chi connectivity index (χ0v) is 11.7. The van der Waals surface area contributed by atoms with Crippen molar-refractivity contribution >= 4 is 11.9 Å². The molecule has 1 atom stereocenters. The predicted molar refractivity (Wildman–Crippen MR) is 77.1 cm³/mol. The Balaban J connectivity index is 2.10. The summed E-state index contributed by atoms with van der Waals surface area (Å²) in [6, 6.07) is 9.77. The average Bonchev–Trinajstić information content (AvgIpc) is 2.96. The molecular weight excluding hydrogens is 270 g/mol. The summed E-state index contributed by atoms with van der Waals surface area (Å²) in [5.41, 5.74) is 1.24. The molecule has 0 radical (unpaired) electrons. The first-order chi connectivity index (χ1) is 10.1. The van der Waals surface area contributed by atoms with Crippen molar-refractivity contribution in [3.63, 3.8) is 0 Å². The molecule has 0 aliphatic carbocycles. The molecule has 2 rings (SSSR count). The lowest BCUT2D eigenvalue weighted by atomic mass is 10.1. The summed E-state index contributed by atoms with van der Waals surface area (Å²) in [4.78, 5) is 23.5. The van der Waals surface area contributed by atoms with E-state index in [0.717, 1.165) is 5.56 Å². The zero-order valence-electron chi connectivity index (χ0n) is 11.7. The summed E-state index contributed by atoms with van der Waals surface area (Å²) in [7, 11) is 0. The fourth-order valence-electron chi connectivity index (χ4n) is 2.10. The normalized spacial score (nSPS) is 11.9. The van der Waals surface area contributed by atoms with E-state index in [1.165, 1.54) is 6.26 Å². The van der Waals surface area contributed by atoms with E-state index >= 15 is 0 Å². The van der Waals surface area contributed by atoms with Crippen molar-refractivity contribution in [3.05, 3.63) is 59.5 Å². The monoisotopic (exact) mass is 287 g/mol. The Bertz CT molecular complexity index is 618. The lowest BCUT2D eigenvalue weighted by Gasteiger charge is -2.14. The van der Waals surface area contributed by atoms with Crippen molar-refractivity contribution in [1.29, 1.82) is 0 Å². The number of benzene rings is 1. The van der Waals surface area contributed by atoms with Crippen LogP contribution in [0.3, 0.4) is 0 Å². The number of carboxylic acid groups (broad SMARTS) is 1. The molecule has 5 heteroatoms. The van der Waals surface area contributed by atoms with Gasteiger partial charge in [0.05, 0.1) is 11.8 Å². The van der Waals surface area contributed by atoms with Gasteiger partial charge in [0.25, 0.3) is 5.91 Å². The van der Waals surface area contributed by atoms with Crippen LogP contribution in [0.25, 0.3) is 0 Å². The number of aliphatic carboxylic acids is 1. The summed E-state index contributed by atoms with van der Waals surface area (Å²) in [6.07, 6.45) is 2.24. The second-order valence-electron chi connectivity index (χ2n) is 4.67. The van der Waals surface area contributed by atoms with Crippen LogP contribution >= 0.6 is 0 Å². The van der Waals surface area contributed by atoms with Gasteiger partial charge in [0.1, 0.15) is 11.8 Å². The molecule has 0 saturated heterocycles. The maximum Gasteiger partial charge on any atom is 0.326 e. The topological polar surface area (TPSA) is 79.5 Å². The number of hydrogen-bond acceptors (Lipinski definition) is 3. The van der Waals surface area contributed by atoms with Crippen molar-refractivity contribution in [3.8, 4) is 0 Å². The van der Waals surface area contributed by atoms with Crippen molar-refractivity contribution in [1.82, 2.24) is 5.32 Å². The molecule has 0 fully saturated rings. The number of carbonyl (C=O) groups is 2. The van der Waals surface area contributed by atoms with Crippen molar-refractivity contribution in [2.75, 3.05) is 0 Å². The van der Waals surface area contributed by atoms with Gasteiger partial charge in [0, 0.05) is 12.8 Å². The van der Waals surface area contributed by atoms with Gasteiger partial charge in [0.15, 0.2) is 0 Å². The van der Waals surface area contributed by atoms with E-state index in [0.29, 0.717) is 17.7 Å². The van der Waals surface area contributed by atoms with Crippen LogP contribution in [-0.2, 0) is 17.6 Å². The van der Waals surface area contributed by atoms with Crippen LogP contribution in [0.4, 0.5) is 0 Å². The van der Waals surface area contributed by atoms with Crippen molar-refractivity contribution in [2.45, 2.75) is 25.8 Å². The summed E-state index contributed by atoms with van der Waals surface area (Å²) in [5, 5.41) is 11.8. The predicted octanol–water partition coefficient (Wildman–Crippen LogP) is 2.27. The van der Waals surface area contributed by atoms with Gasteiger partial charge in [-0.1, -0.05) is 37.3 Å². The molecule has 0 aliphatic heterocycles. The molecule has 0 aliphatic rings. The molecule has 1 amide bonds. The molecule has 2 aromatic rings. The molecule has 2 N–H and O–H groups in total. The third kappa shape index (κ3) is 3.72.